The van der Waals surface area contributed by atoms with E-state index in [-0.39, 0.29) is 5.91 Å². The molecule has 0 atom stereocenters. The number of carbonyl (C=O) groups excluding carboxylic acids is 1. The molecular formula is C11H19N3O4. The van der Waals surface area contributed by atoms with E-state index < -0.39 is 0 Å². The molecule has 1 aromatic heterocycles. The number of nitrogens with zero attached hydrogens (tertiary/aromatic N) is 1. The fraction of sp³-hybridized carbons (Fsp3) is 0.636. The lowest BCUT2D eigenvalue weighted by Gasteiger charge is -2.06. The SMILES string of the molecule is COCCOCCOCCNC(=O)c1cnc[nH]1. The second-order valence-corrected chi connectivity index (χ2v) is 3.44. The average Bonchev–Trinajstić information content (AvgIpc) is 2.90. The molecule has 0 aliphatic rings. The molecule has 0 unspecified atom stereocenters. The highest BCUT2D eigenvalue weighted by molar-refractivity contribution is 5.91. The van der Waals surface area contributed by atoms with Crippen molar-refractivity contribution in [3.63, 3.8) is 0 Å². The van der Waals surface area contributed by atoms with Crippen molar-refractivity contribution in [3.05, 3.63) is 18.2 Å². The molecule has 18 heavy (non-hydrogen) atoms. The van der Waals surface area contributed by atoms with Gasteiger partial charge >= 0.3 is 0 Å². The number of carbonyl (C=O) groups is 1. The smallest absolute Gasteiger partial charge is 0.269 e. The second kappa shape index (κ2) is 9.58. The zero-order chi connectivity index (χ0) is 13.1. The van der Waals surface area contributed by atoms with Gasteiger partial charge in [0.15, 0.2) is 0 Å². The Balaban J connectivity index is 1.88. The zero-order valence-corrected chi connectivity index (χ0v) is 10.5. The Hall–Kier alpha value is -1.44. The quantitative estimate of drug-likeness (QED) is 0.568. The maximum Gasteiger partial charge on any atom is 0.269 e. The van der Waals surface area contributed by atoms with E-state index in [1.165, 1.54) is 12.5 Å². The molecule has 1 aromatic rings. The third kappa shape index (κ3) is 6.33. The van der Waals surface area contributed by atoms with Crippen molar-refractivity contribution in [1.82, 2.24) is 15.3 Å². The molecule has 1 amide bonds. The third-order valence-corrected chi connectivity index (χ3v) is 2.08. The second-order valence-electron chi connectivity index (χ2n) is 3.44. The molecule has 0 bridgehead atoms. The van der Waals surface area contributed by atoms with Gasteiger partial charge in [0.05, 0.1) is 45.6 Å². The van der Waals surface area contributed by atoms with Crippen molar-refractivity contribution in [1.29, 1.82) is 0 Å². The number of nitrogens with one attached hydrogen (secondary N) is 2. The van der Waals surface area contributed by atoms with Gasteiger partial charge in [0.1, 0.15) is 5.69 Å². The van der Waals surface area contributed by atoms with Crippen molar-refractivity contribution in [3.8, 4) is 0 Å². The molecule has 7 nitrogen and oxygen atoms in total. The molecule has 0 saturated heterocycles. The highest BCUT2D eigenvalue weighted by Crippen LogP contribution is 1.89. The van der Waals surface area contributed by atoms with Gasteiger partial charge in [0, 0.05) is 13.7 Å². The lowest BCUT2D eigenvalue weighted by molar-refractivity contribution is 0.0255. The van der Waals surface area contributed by atoms with Gasteiger partial charge in [-0.1, -0.05) is 0 Å². The van der Waals surface area contributed by atoms with Crippen LogP contribution in [0.15, 0.2) is 12.5 Å². The number of hydrogen-bond donors (Lipinski definition) is 2. The maximum absolute atomic E-state index is 11.4. The molecule has 0 radical (unpaired) electrons. The molecule has 1 rings (SSSR count). The van der Waals surface area contributed by atoms with Crippen molar-refractivity contribution in [2.75, 3.05) is 46.7 Å². The zero-order valence-electron chi connectivity index (χ0n) is 10.5. The molecule has 102 valence electrons. The minimum absolute atomic E-state index is 0.188. The van der Waals surface area contributed by atoms with E-state index in [2.05, 4.69) is 15.3 Å². The minimum Gasteiger partial charge on any atom is -0.382 e. The Labute approximate surface area is 106 Å². The standard InChI is InChI=1S/C11H19N3O4/c1-16-4-5-18-7-6-17-3-2-13-11(15)10-8-12-9-14-10/h8-9H,2-7H2,1H3,(H,12,14)(H,13,15). The highest BCUT2D eigenvalue weighted by Gasteiger charge is 2.04. The van der Waals surface area contributed by atoms with E-state index in [1.54, 1.807) is 7.11 Å². The molecule has 0 aliphatic carbocycles. The predicted molar refractivity (Wildman–Crippen MR) is 64.4 cm³/mol. The average molecular weight is 257 g/mol. The van der Waals surface area contributed by atoms with Crippen LogP contribution in [0.25, 0.3) is 0 Å². The highest BCUT2D eigenvalue weighted by atomic mass is 16.5. The van der Waals surface area contributed by atoms with Gasteiger partial charge in [0.2, 0.25) is 0 Å². The van der Waals surface area contributed by atoms with E-state index >= 15 is 0 Å². The first-order valence-corrected chi connectivity index (χ1v) is 5.75. The van der Waals surface area contributed by atoms with Crippen LogP contribution in [0.5, 0.6) is 0 Å². The fourth-order valence-corrected chi connectivity index (χ4v) is 1.18. The molecule has 7 heteroatoms. The molecule has 0 saturated carbocycles. The number of H-pyrrole nitrogens is 1. The van der Waals surface area contributed by atoms with Crippen LogP contribution >= 0.6 is 0 Å². The summed E-state index contributed by atoms with van der Waals surface area (Å²) in [5, 5.41) is 2.70. The number of aromatic nitrogens is 2. The summed E-state index contributed by atoms with van der Waals surface area (Å²) in [5.41, 5.74) is 0.442. The van der Waals surface area contributed by atoms with Crippen LogP contribution in [0.3, 0.4) is 0 Å². The topological polar surface area (TPSA) is 85.5 Å². The van der Waals surface area contributed by atoms with Crippen LogP contribution in [0, 0.1) is 0 Å². The van der Waals surface area contributed by atoms with Crippen molar-refractivity contribution >= 4 is 5.91 Å². The summed E-state index contributed by atoms with van der Waals surface area (Å²) in [6.07, 6.45) is 2.93. The first kappa shape index (κ1) is 14.6. The van der Waals surface area contributed by atoms with Crippen LogP contribution in [-0.2, 0) is 14.2 Å². The Morgan fingerprint density at radius 3 is 2.67 bits per heavy atom. The van der Waals surface area contributed by atoms with Crippen molar-refractivity contribution in [2.45, 2.75) is 0 Å². The first-order valence-electron chi connectivity index (χ1n) is 5.75. The van der Waals surface area contributed by atoms with Crippen molar-refractivity contribution < 1.29 is 19.0 Å². The van der Waals surface area contributed by atoms with E-state index in [4.69, 9.17) is 14.2 Å². The monoisotopic (exact) mass is 257 g/mol. The van der Waals surface area contributed by atoms with Crippen LogP contribution in [0.1, 0.15) is 10.5 Å². The molecule has 0 spiro atoms. The van der Waals surface area contributed by atoms with Gasteiger partial charge in [-0.15, -0.1) is 0 Å². The van der Waals surface area contributed by atoms with Crippen LogP contribution in [0.4, 0.5) is 0 Å². The van der Waals surface area contributed by atoms with Gasteiger partial charge in [-0.05, 0) is 0 Å². The lowest BCUT2D eigenvalue weighted by Crippen LogP contribution is -2.27. The Morgan fingerprint density at radius 2 is 2.00 bits per heavy atom. The molecular weight excluding hydrogens is 238 g/mol. The largest absolute Gasteiger partial charge is 0.382 e. The van der Waals surface area contributed by atoms with E-state index in [1.807, 2.05) is 0 Å². The first-order chi connectivity index (χ1) is 8.84. The number of imidazole rings is 1. The summed E-state index contributed by atoms with van der Waals surface area (Å²) in [6, 6.07) is 0. The summed E-state index contributed by atoms with van der Waals surface area (Å²) in [6.45, 7) is 3.08. The number of rotatable bonds is 10. The summed E-state index contributed by atoms with van der Waals surface area (Å²) in [5.74, 6) is -0.188. The van der Waals surface area contributed by atoms with E-state index in [9.17, 15) is 4.79 Å². The van der Waals surface area contributed by atoms with Gasteiger partial charge in [-0.2, -0.15) is 0 Å². The summed E-state index contributed by atoms with van der Waals surface area (Å²) >= 11 is 0. The number of amides is 1. The maximum atomic E-state index is 11.4. The number of aromatic amines is 1. The Kier molecular flexibility index (Phi) is 7.78. The van der Waals surface area contributed by atoms with Crippen LogP contribution in [-0.4, -0.2) is 62.6 Å². The fourth-order valence-electron chi connectivity index (χ4n) is 1.18. The number of methoxy groups -OCH3 is 1. The van der Waals surface area contributed by atoms with Gasteiger partial charge in [-0.3, -0.25) is 4.79 Å². The number of ether oxygens (including phenoxy) is 3. The minimum atomic E-state index is -0.188. The van der Waals surface area contributed by atoms with Crippen LogP contribution in [0.2, 0.25) is 0 Å². The third-order valence-electron chi connectivity index (χ3n) is 2.08. The van der Waals surface area contributed by atoms with E-state index in [0.29, 0.717) is 45.3 Å². The molecule has 0 aliphatic heterocycles. The van der Waals surface area contributed by atoms with Gasteiger partial charge in [0.25, 0.3) is 5.91 Å². The Bertz CT molecular complexity index is 316. The molecule has 0 aromatic carbocycles. The summed E-state index contributed by atoms with van der Waals surface area (Å²) < 4.78 is 15.3. The van der Waals surface area contributed by atoms with Gasteiger partial charge in [-0.25, -0.2) is 4.98 Å². The lowest BCUT2D eigenvalue weighted by atomic mass is 10.4. The van der Waals surface area contributed by atoms with E-state index in [0.717, 1.165) is 0 Å². The normalized spacial score (nSPS) is 10.5. The Morgan fingerprint density at radius 1 is 1.28 bits per heavy atom. The molecule has 0 fully saturated rings. The molecule has 2 N–H and O–H groups in total. The van der Waals surface area contributed by atoms with Gasteiger partial charge < -0.3 is 24.5 Å². The summed E-state index contributed by atoms with van der Waals surface area (Å²) in [4.78, 5) is 17.9. The molecule has 1 heterocycles. The summed E-state index contributed by atoms with van der Waals surface area (Å²) in [7, 11) is 1.63. The van der Waals surface area contributed by atoms with Crippen molar-refractivity contribution in [2.24, 2.45) is 0 Å². The number of hydrogen-bond acceptors (Lipinski definition) is 5. The predicted octanol–water partition coefficient (Wildman–Crippen LogP) is -0.181. The van der Waals surface area contributed by atoms with Crippen LogP contribution < -0.4 is 5.32 Å².